The van der Waals surface area contributed by atoms with Gasteiger partial charge in [-0.1, -0.05) is 28.1 Å². The van der Waals surface area contributed by atoms with E-state index < -0.39 is 0 Å². The number of imidazole rings is 1. The lowest BCUT2D eigenvalue weighted by Gasteiger charge is -2.26. The summed E-state index contributed by atoms with van der Waals surface area (Å²) in [5.74, 6) is 0. The van der Waals surface area contributed by atoms with E-state index in [1.54, 1.807) is 0 Å². The number of aliphatic hydroxyl groups is 1. The number of allylic oxidation sites excluding steroid dienone is 1. The van der Waals surface area contributed by atoms with Crippen LogP contribution in [-0.2, 0) is 6.54 Å². The molecule has 0 unspecified atom stereocenters. The van der Waals surface area contributed by atoms with Crippen LogP contribution in [0.4, 0.5) is 0 Å². The van der Waals surface area contributed by atoms with Crippen LogP contribution in [0.25, 0.3) is 11.0 Å². The van der Waals surface area contributed by atoms with Crippen molar-refractivity contribution < 1.29 is 5.11 Å². The van der Waals surface area contributed by atoms with E-state index in [9.17, 15) is 5.11 Å². The zero-order valence-corrected chi connectivity index (χ0v) is 16.1. The molecule has 1 aromatic carbocycles. The molecular formula is C16H22BrCl2N3O. The minimum atomic E-state index is -0.271. The molecule has 0 radical (unpaired) electrons. The monoisotopic (exact) mass is 421 g/mol. The Bertz CT molecular complexity index is 675. The Labute approximate surface area is 157 Å². The Hall–Kier alpha value is -0.590. The number of halogens is 3. The fourth-order valence-electron chi connectivity index (χ4n) is 2.80. The van der Waals surface area contributed by atoms with Gasteiger partial charge in [0, 0.05) is 11.0 Å². The highest BCUT2D eigenvalue weighted by Gasteiger charge is 2.19. The van der Waals surface area contributed by atoms with E-state index in [0.717, 1.165) is 41.4 Å². The third kappa shape index (κ3) is 4.48. The van der Waals surface area contributed by atoms with Crippen LogP contribution in [0.2, 0.25) is 0 Å². The molecule has 0 aliphatic carbocycles. The molecule has 2 N–H and O–H groups in total. The first-order valence-corrected chi connectivity index (χ1v) is 8.14. The third-order valence-electron chi connectivity index (χ3n) is 4.10. The maximum absolute atomic E-state index is 9.93. The summed E-state index contributed by atoms with van der Waals surface area (Å²) < 4.78 is 3.21. The second-order valence-corrected chi connectivity index (χ2v) is 6.41. The van der Waals surface area contributed by atoms with Crippen molar-refractivity contribution in [3.05, 3.63) is 40.6 Å². The molecule has 0 spiro atoms. The number of rotatable bonds is 3. The molecule has 1 aliphatic rings. The van der Waals surface area contributed by atoms with Crippen molar-refractivity contribution in [2.24, 2.45) is 0 Å². The van der Waals surface area contributed by atoms with Gasteiger partial charge in [-0.3, -0.25) is 0 Å². The standard InChI is InChI=1S/C16H20BrN3O.2ClH/c1-11-12(17)6-7-14-16(11)19-10-20(14)9-3-4-13-15(21)5-2-8-18-13;;/h3-4,6-7,10,13,15,18,21H,2,5,8-9H2,1H3;2*1H/b4-3+;;/t13-,15+;;/m1../s1. The van der Waals surface area contributed by atoms with Crippen LogP contribution < -0.4 is 5.32 Å². The predicted molar refractivity (Wildman–Crippen MR) is 103 cm³/mol. The largest absolute Gasteiger partial charge is 0.391 e. The topological polar surface area (TPSA) is 50.1 Å². The van der Waals surface area contributed by atoms with Gasteiger partial charge in [0.1, 0.15) is 0 Å². The predicted octanol–water partition coefficient (Wildman–Crippen LogP) is 3.62. The number of fused-ring (bicyclic) bond motifs is 1. The molecule has 23 heavy (non-hydrogen) atoms. The number of aromatic nitrogens is 2. The fraction of sp³-hybridized carbons (Fsp3) is 0.438. The highest BCUT2D eigenvalue weighted by molar-refractivity contribution is 9.10. The summed E-state index contributed by atoms with van der Waals surface area (Å²) in [4.78, 5) is 4.49. The van der Waals surface area contributed by atoms with E-state index >= 15 is 0 Å². The average molecular weight is 423 g/mol. The highest BCUT2D eigenvalue weighted by atomic mass is 79.9. The molecule has 2 heterocycles. The molecule has 1 aromatic heterocycles. The van der Waals surface area contributed by atoms with Gasteiger partial charge >= 0.3 is 0 Å². The minimum Gasteiger partial charge on any atom is -0.391 e. The van der Waals surface area contributed by atoms with Gasteiger partial charge < -0.3 is 15.0 Å². The van der Waals surface area contributed by atoms with E-state index in [4.69, 9.17) is 0 Å². The van der Waals surface area contributed by atoms with Crippen molar-refractivity contribution in [1.82, 2.24) is 14.9 Å². The van der Waals surface area contributed by atoms with E-state index in [2.05, 4.69) is 62.0 Å². The molecule has 7 heteroatoms. The number of hydrogen-bond acceptors (Lipinski definition) is 3. The summed E-state index contributed by atoms with van der Waals surface area (Å²) in [6.07, 6.45) is 7.70. The normalized spacial score (nSPS) is 21.2. The average Bonchev–Trinajstić information content (AvgIpc) is 2.89. The lowest BCUT2D eigenvalue weighted by Crippen LogP contribution is -2.43. The molecule has 1 fully saturated rings. The highest BCUT2D eigenvalue weighted by Crippen LogP contribution is 2.24. The number of piperidine rings is 1. The van der Waals surface area contributed by atoms with E-state index in [0.29, 0.717) is 0 Å². The SMILES string of the molecule is Cc1c(Br)ccc2c1ncn2C/C=C/[C@H]1NCCC[C@@H]1O.Cl.Cl. The lowest BCUT2D eigenvalue weighted by molar-refractivity contribution is 0.115. The van der Waals surface area contributed by atoms with Gasteiger partial charge in [0.05, 0.1) is 29.5 Å². The smallest absolute Gasteiger partial charge is 0.0961 e. The number of nitrogens with one attached hydrogen (secondary N) is 1. The Kier molecular flexibility index (Phi) is 8.04. The van der Waals surface area contributed by atoms with Crippen molar-refractivity contribution in [1.29, 1.82) is 0 Å². The van der Waals surface area contributed by atoms with Crippen molar-refractivity contribution in [2.75, 3.05) is 6.54 Å². The van der Waals surface area contributed by atoms with E-state index in [1.165, 1.54) is 5.56 Å². The Balaban J connectivity index is 0.00000132. The zero-order valence-electron chi connectivity index (χ0n) is 12.9. The number of benzene rings is 1. The second kappa shape index (κ2) is 9.04. The first-order chi connectivity index (χ1) is 10.2. The summed E-state index contributed by atoms with van der Waals surface area (Å²) in [6, 6.07) is 4.22. The zero-order chi connectivity index (χ0) is 14.8. The van der Waals surface area contributed by atoms with Gasteiger partial charge in [0.2, 0.25) is 0 Å². The van der Waals surface area contributed by atoms with Crippen LogP contribution in [0, 0.1) is 6.92 Å². The number of aliphatic hydroxyl groups excluding tert-OH is 1. The number of nitrogens with zero attached hydrogens (tertiary/aromatic N) is 2. The second-order valence-electron chi connectivity index (χ2n) is 5.55. The maximum atomic E-state index is 9.93. The molecule has 128 valence electrons. The van der Waals surface area contributed by atoms with Crippen LogP contribution in [0.15, 0.2) is 35.1 Å². The van der Waals surface area contributed by atoms with Gasteiger partial charge in [0.15, 0.2) is 0 Å². The first-order valence-electron chi connectivity index (χ1n) is 7.35. The molecule has 0 saturated carbocycles. The summed E-state index contributed by atoms with van der Waals surface area (Å²) in [5, 5.41) is 13.3. The number of hydrogen-bond donors (Lipinski definition) is 2. The third-order valence-corrected chi connectivity index (χ3v) is 4.96. The molecule has 0 amide bonds. The summed E-state index contributed by atoms with van der Waals surface area (Å²) in [6.45, 7) is 3.82. The van der Waals surface area contributed by atoms with Crippen molar-refractivity contribution in [3.8, 4) is 0 Å². The van der Waals surface area contributed by atoms with Gasteiger partial charge in [-0.05, 0) is 44.0 Å². The fourth-order valence-corrected chi connectivity index (χ4v) is 3.12. The van der Waals surface area contributed by atoms with Crippen molar-refractivity contribution in [2.45, 2.75) is 38.5 Å². The molecule has 2 aromatic rings. The first kappa shape index (κ1) is 20.5. The molecule has 1 saturated heterocycles. The van der Waals surface area contributed by atoms with Crippen LogP contribution in [0.1, 0.15) is 18.4 Å². The molecule has 2 atom stereocenters. The quantitative estimate of drug-likeness (QED) is 0.742. The van der Waals surface area contributed by atoms with Gasteiger partial charge in [-0.25, -0.2) is 4.98 Å². The van der Waals surface area contributed by atoms with Gasteiger partial charge in [-0.2, -0.15) is 0 Å². The molecular weight excluding hydrogens is 401 g/mol. The Morgan fingerprint density at radius 1 is 1.43 bits per heavy atom. The summed E-state index contributed by atoms with van der Waals surface area (Å²) in [5.41, 5.74) is 3.34. The Morgan fingerprint density at radius 2 is 2.22 bits per heavy atom. The lowest BCUT2D eigenvalue weighted by atomic mass is 10.0. The molecule has 1 aliphatic heterocycles. The van der Waals surface area contributed by atoms with Crippen molar-refractivity contribution in [3.63, 3.8) is 0 Å². The number of aryl methyl sites for hydroxylation is 1. The summed E-state index contributed by atoms with van der Waals surface area (Å²) >= 11 is 3.54. The van der Waals surface area contributed by atoms with Crippen LogP contribution in [-0.4, -0.2) is 33.3 Å². The van der Waals surface area contributed by atoms with Gasteiger partial charge in [-0.15, -0.1) is 24.8 Å². The van der Waals surface area contributed by atoms with Crippen LogP contribution in [0.5, 0.6) is 0 Å². The van der Waals surface area contributed by atoms with Crippen LogP contribution in [0.3, 0.4) is 0 Å². The summed E-state index contributed by atoms with van der Waals surface area (Å²) in [7, 11) is 0. The maximum Gasteiger partial charge on any atom is 0.0961 e. The minimum absolute atomic E-state index is 0. The van der Waals surface area contributed by atoms with Crippen molar-refractivity contribution >= 4 is 51.8 Å². The van der Waals surface area contributed by atoms with E-state index in [1.807, 2.05) is 6.33 Å². The molecule has 3 rings (SSSR count). The van der Waals surface area contributed by atoms with E-state index in [-0.39, 0.29) is 37.0 Å². The van der Waals surface area contributed by atoms with Crippen LogP contribution >= 0.6 is 40.7 Å². The Morgan fingerprint density at radius 3 is 2.96 bits per heavy atom. The molecule has 4 nitrogen and oxygen atoms in total. The molecule has 0 bridgehead atoms. The van der Waals surface area contributed by atoms with Gasteiger partial charge in [0.25, 0.3) is 0 Å².